The van der Waals surface area contributed by atoms with Crippen LogP contribution in [-0.4, -0.2) is 74.9 Å². The largest absolute Gasteiger partial charge is 0.504 e. The molecule has 0 radical (unpaired) electrons. The number of Topliss-reactive ketones (excluding diaryl/α,β-unsaturated/α-hetero) is 4. The van der Waals surface area contributed by atoms with Crippen LogP contribution in [0.3, 0.4) is 0 Å². The minimum absolute atomic E-state index is 0.0376. The number of aromatic nitrogens is 1. The van der Waals surface area contributed by atoms with Crippen LogP contribution in [0.2, 0.25) is 5.15 Å². The molecule has 1 heterocycles. The van der Waals surface area contributed by atoms with Gasteiger partial charge in [-0.3, -0.25) is 28.9 Å². The Kier molecular flexibility index (Phi) is 6.80. The summed E-state index contributed by atoms with van der Waals surface area (Å²) >= 11 is 6.51. The maximum atomic E-state index is 13.9. The predicted octanol–water partition coefficient (Wildman–Crippen LogP) is 1.09. The number of rotatable bonds is 5. The number of hydrogen-bond donors (Lipinski definition) is 4. The van der Waals surface area contributed by atoms with Crippen molar-refractivity contribution in [2.75, 3.05) is 19.4 Å². The van der Waals surface area contributed by atoms with Crippen molar-refractivity contribution in [3.63, 3.8) is 0 Å². The van der Waals surface area contributed by atoms with Crippen LogP contribution in [0.25, 0.3) is 0 Å². The average molecular weight is 569 g/mol. The fourth-order valence-electron chi connectivity index (χ4n) is 6.65. The van der Waals surface area contributed by atoms with Gasteiger partial charge in [0.05, 0.1) is 23.6 Å². The number of nitrogens with one attached hydrogen (secondary N) is 1. The first-order chi connectivity index (χ1) is 18.8. The number of aliphatic hydroxyl groups is 1. The van der Waals surface area contributed by atoms with E-state index in [-0.39, 0.29) is 41.0 Å². The molecule has 1 aromatic carbocycles. The van der Waals surface area contributed by atoms with E-state index in [2.05, 4.69) is 10.3 Å². The van der Waals surface area contributed by atoms with Gasteiger partial charge < -0.3 is 21.3 Å². The molecule has 2 unspecified atom stereocenters. The molecular weight excluding hydrogens is 540 g/mol. The van der Waals surface area contributed by atoms with Crippen LogP contribution in [0.4, 0.5) is 5.82 Å². The maximum Gasteiger partial charge on any atom is 0.235 e. The molecule has 2 aromatic rings. The van der Waals surface area contributed by atoms with Crippen LogP contribution in [0, 0.1) is 23.7 Å². The van der Waals surface area contributed by atoms with Crippen molar-refractivity contribution in [2.24, 2.45) is 29.4 Å². The molecule has 2 fully saturated rings. The molecule has 2 saturated carbocycles. The van der Waals surface area contributed by atoms with Crippen LogP contribution >= 0.6 is 11.6 Å². The molecule has 5 rings (SSSR count). The summed E-state index contributed by atoms with van der Waals surface area (Å²) in [5.41, 5.74) is 3.47. The third kappa shape index (κ3) is 3.94. The topological polar surface area (TPSA) is 180 Å². The zero-order chi connectivity index (χ0) is 29.3. The lowest BCUT2D eigenvalue weighted by Crippen LogP contribution is -2.74. The first kappa shape index (κ1) is 27.9. The summed E-state index contributed by atoms with van der Waals surface area (Å²) in [4.78, 5) is 72.1. The lowest BCUT2D eigenvalue weighted by atomic mass is 9.52. The number of carbonyl (C=O) groups is 5. The van der Waals surface area contributed by atoms with Gasteiger partial charge in [0.15, 0.2) is 46.2 Å². The van der Waals surface area contributed by atoms with Crippen molar-refractivity contribution in [1.29, 1.82) is 0 Å². The van der Waals surface area contributed by atoms with E-state index in [1.165, 1.54) is 19.0 Å². The standard InChI is InChI=1S/C28H29ClN4O7/c1-11(12-7-5-4-6-8-12)31-27-22(36)17-14(25(29)32-27)9-13-10-15-19(33(2)3)21(35)18(26(30)39)24(38)28(15,40)23(37)16(13)20(17)34/h4-8,11,13,15-16,18-19,36,40H,9-10H2,1-3H3,(H2,30,39)(H,31,32)/t11-,13-,15-,16?,18?,19-,28-/m0/s1. The SMILES string of the molecule is C[C@H](Nc1nc(Cl)c2c(c1O)C(=O)C1C(=O)[C@]3(O)C(=O)C(C(N)=O)C(=O)[C@@H](N(C)C)[C@@H]3C[C@@H]1C2)c1ccccc1. The van der Waals surface area contributed by atoms with Gasteiger partial charge in [-0.15, -0.1) is 0 Å². The normalized spacial score (nSPS) is 30.4. The zero-order valence-electron chi connectivity index (χ0n) is 22.1. The Balaban J connectivity index is 1.57. The number of nitrogens with two attached hydrogens (primary N) is 1. The van der Waals surface area contributed by atoms with E-state index in [9.17, 15) is 34.2 Å². The van der Waals surface area contributed by atoms with Gasteiger partial charge in [0, 0.05) is 11.5 Å². The van der Waals surface area contributed by atoms with E-state index in [4.69, 9.17) is 17.3 Å². The third-order valence-corrected chi connectivity index (χ3v) is 8.84. The van der Waals surface area contributed by atoms with Crippen LogP contribution in [0.15, 0.2) is 30.3 Å². The first-order valence-corrected chi connectivity index (χ1v) is 13.3. The summed E-state index contributed by atoms with van der Waals surface area (Å²) in [7, 11) is 3.05. The zero-order valence-corrected chi connectivity index (χ0v) is 22.8. The van der Waals surface area contributed by atoms with Crippen molar-refractivity contribution in [2.45, 2.75) is 37.5 Å². The summed E-state index contributed by atoms with van der Waals surface area (Å²) in [6.07, 6.45) is -0.0220. The number of halogens is 1. The second-order valence-corrected chi connectivity index (χ2v) is 11.4. The van der Waals surface area contributed by atoms with Crippen LogP contribution < -0.4 is 11.1 Å². The number of fused-ring (bicyclic) bond motifs is 3. The Labute approximate surface area is 234 Å². The molecule has 210 valence electrons. The number of hydrogen-bond acceptors (Lipinski definition) is 10. The fourth-order valence-corrected chi connectivity index (χ4v) is 6.90. The number of benzene rings is 1. The summed E-state index contributed by atoms with van der Waals surface area (Å²) in [6.45, 7) is 1.83. The molecule has 3 aliphatic rings. The molecule has 0 spiro atoms. The number of pyridine rings is 1. The number of amides is 1. The summed E-state index contributed by atoms with van der Waals surface area (Å²) in [5.74, 6) is -11.4. The minimum atomic E-state index is -2.79. The maximum absolute atomic E-state index is 13.9. The number of primary amides is 1. The molecule has 0 saturated heterocycles. The number of carbonyl (C=O) groups excluding carboxylic acids is 5. The smallest absolute Gasteiger partial charge is 0.235 e. The van der Waals surface area contributed by atoms with Crippen LogP contribution in [0.5, 0.6) is 5.75 Å². The van der Waals surface area contributed by atoms with Gasteiger partial charge >= 0.3 is 0 Å². The van der Waals surface area contributed by atoms with E-state index < -0.39 is 70.1 Å². The van der Waals surface area contributed by atoms with Crippen molar-refractivity contribution in [1.82, 2.24) is 9.88 Å². The Morgan fingerprint density at radius 1 is 1.18 bits per heavy atom. The quantitative estimate of drug-likeness (QED) is 0.301. The number of ketones is 4. The molecule has 1 amide bonds. The van der Waals surface area contributed by atoms with E-state index in [1.54, 1.807) is 0 Å². The van der Waals surface area contributed by atoms with Gasteiger partial charge in [0.2, 0.25) is 5.91 Å². The highest BCUT2D eigenvalue weighted by molar-refractivity contribution is 6.34. The Morgan fingerprint density at radius 3 is 2.42 bits per heavy atom. The van der Waals surface area contributed by atoms with E-state index in [0.29, 0.717) is 0 Å². The van der Waals surface area contributed by atoms with Gasteiger partial charge in [0.25, 0.3) is 0 Å². The highest BCUT2D eigenvalue weighted by Gasteiger charge is 2.69. The van der Waals surface area contributed by atoms with Gasteiger partial charge in [-0.25, -0.2) is 4.98 Å². The Bertz CT molecular complexity index is 1460. The van der Waals surface area contributed by atoms with Crippen LogP contribution in [0.1, 0.15) is 40.9 Å². The molecule has 3 aliphatic carbocycles. The average Bonchev–Trinajstić information content (AvgIpc) is 2.89. The monoisotopic (exact) mass is 568 g/mol. The molecular formula is C28H29ClN4O7. The van der Waals surface area contributed by atoms with Crippen molar-refractivity contribution >= 4 is 46.5 Å². The number of nitrogens with zero attached hydrogens (tertiary/aromatic N) is 2. The molecule has 12 heteroatoms. The number of aromatic hydroxyl groups is 1. The molecule has 0 aliphatic heterocycles. The predicted molar refractivity (Wildman–Crippen MR) is 143 cm³/mol. The van der Waals surface area contributed by atoms with Crippen molar-refractivity contribution in [3.05, 3.63) is 52.2 Å². The van der Waals surface area contributed by atoms with Gasteiger partial charge in [-0.1, -0.05) is 41.9 Å². The van der Waals surface area contributed by atoms with Gasteiger partial charge in [0.1, 0.15) is 5.15 Å². The van der Waals surface area contributed by atoms with Crippen molar-refractivity contribution in [3.8, 4) is 5.75 Å². The van der Waals surface area contributed by atoms with Crippen LogP contribution in [-0.2, 0) is 25.6 Å². The van der Waals surface area contributed by atoms with Gasteiger partial charge in [-0.2, -0.15) is 0 Å². The highest BCUT2D eigenvalue weighted by Crippen LogP contribution is 2.52. The molecule has 5 N–H and O–H groups in total. The van der Waals surface area contributed by atoms with E-state index in [0.717, 1.165) is 5.56 Å². The highest BCUT2D eigenvalue weighted by atomic mass is 35.5. The Morgan fingerprint density at radius 2 is 1.82 bits per heavy atom. The summed E-state index contributed by atoms with van der Waals surface area (Å²) in [6, 6.07) is 7.79. The Hall–Kier alpha value is -3.67. The summed E-state index contributed by atoms with van der Waals surface area (Å²) < 4.78 is 0. The second-order valence-electron chi connectivity index (χ2n) is 11.0. The van der Waals surface area contributed by atoms with E-state index in [1.807, 2.05) is 37.3 Å². The minimum Gasteiger partial charge on any atom is -0.504 e. The first-order valence-electron chi connectivity index (χ1n) is 12.9. The third-order valence-electron chi connectivity index (χ3n) is 8.53. The lowest BCUT2D eigenvalue weighted by Gasteiger charge is -2.52. The molecule has 40 heavy (non-hydrogen) atoms. The van der Waals surface area contributed by atoms with Crippen molar-refractivity contribution < 1.29 is 34.2 Å². The van der Waals surface area contributed by atoms with E-state index >= 15 is 0 Å². The molecule has 11 nitrogen and oxygen atoms in total. The fraction of sp³-hybridized carbons (Fsp3) is 0.429. The lowest BCUT2D eigenvalue weighted by molar-refractivity contribution is -0.181. The molecule has 0 bridgehead atoms. The molecule has 7 atom stereocenters. The molecule has 1 aromatic heterocycles. The summed E-state index contributed by atoms with van der Waals surface area (Å²) in [5, 5.41) is 25.8. The number of anilines is 1. The number of likely N-dealkylation sites (N-methyl/N-ethyl adjacent to an activating group) is 1. The second kappa shape index (κ2) is 9.76. The van der Waals surface area contributed by atoms with Gasteiger partial charge in [-0.05, 0) is 45.3 Å².